The highest BCUT2D eigenvalue weighted by atomic mass is 35.5. The number of fused-ring (bicyclic) bond motifs is 2. The molecule has 0 bridgehead atoms. The molecule has 3 aromatic rings. The lowest BCUT2D eigenvalue weighted by atomic mass is 10.2. The van der Waals surface area contributed by atoms with E-state index in [1.807, 2.05) is 0 Å². The van der Waals surface area contributed by atoms with Gasteiger partial charge in [-0.1, -0.05) is 11.6 Å². The molecule has 2 heterocycles. The zero-order chi connectivity index (χ0) is 19.7. The summed E-state index contributed by atoms with van der Waals surface area (Å²) in [5.41, 5.74) is 0.136. The first kappa shape index (κ1) is 18.2. The first-order chi connectivity index (χ1) is 13.5. The van der Waals surface area contributed by atoms with Gasteiger partial charge in [0, 0.05) is 24.6 Å². The molecule has 0 fully saturated rings. The number of aromatic nitrogens is 2. The van der Waals surface area contributed by atoms with Crippen LogP contribution in [-0.4, -0.2) is 28.7 Å². The fourth-order valence-electron chi connectivity index (χ4n) is 2.87. The molecule has 28 heavy (non-hydrogen) atoms. The minimum atomic E-state index is -0.487. The molecule has 4 rings (SSSR count). The Morgan fingerprint density at radius 1 is 1.21 bits per heavy atom. The SMILES string of the molecule is O=C(Cn1cnc2cc(F)ccc2c1=O)Nc1cc2c(cc1Cl)OCCCO2. The second-order valence-electron chi connectivity index (χ2n) is 6.22. The Labute approximate surface area is 163 Å². The number of rotatable bonds is 3. The Bertz CT molecular complexity index is 1130. The third kappa shape index (κ3) is 3.63. The van der Waals surface area contributed by atoms with Gasteiger partial charge in [-0.15, -0.1) is 0 Å². The molecule has 0 radical (unpaired) electrons. The fraction of sp³-hybridized carbons (Fsp3) is 0.211. The maximum atomic E-state index is 13.3. The van der Waals surface area contributed by atoms with E-state index in [0.29, 0.717) is 30.4 Å². The molecule has 7 nitrogen and oxygen atoms in total. The van der Waals surface area contributed by atoms with Crippen molar-refractivity contribution in [3.8, 4) is 11.5 Å². The number of carbonyl (C=O) groups excluding carboxylic acids is 1. The number of hydrogen-bond acceptors (Lipinski definition) is 5. The number of amides is 1. The highest BCUT2D eigenvalue weighted by Gasteiger charge is 2.16. The van der Waals surface area contributed by atoms with Crippen molar-refractivity contribution in [2.45, 2.75) is 13.0 Å². The maximum absolute atomic E-state index is 13.3. The van der Waals surface area contributed by atoms with Gasteiger partial charge in [0.2, 0.25) is 5.91 Å². The summed E-state index contributed by atoms with van der Waals surface area (Å²) in [5.74, 6) is 0.0483. The van der Waals surface area contributed by atoms with E-state index in [2.05, 4.69) is 10.3 Å². The van der Waals surface area contributed by atoms with E-state index < -0.39 is 17.3 Å². The molecular formula is C19H15ClFN3O4. The second kappa shape index (κ2) is 7.47. The van der Waals surface area contributed by atoms with Gasteiger partial charge in [-0.05, 0) is 12.1 Å². The Hall–Kier alpha value is -3.13. The first-order valence-corrected chi connectivity index (χ1v) is 8.93. The van der Waals surface area contributed by atoms with Crippen molar-refractivity contribution in [2.24, 2.45) is 0 Å². The summed E-state index contributed by atoms with van der Waals surface area (Å²) in [6.45, 7) is 0.751. The molecule has 1 amide bonds. The monoisotopic (exact) mass is 403 g/mol. The molecular weight excluding hydrogens is 389 g/mol. The molecule has 1 N–H and O–H groups in total. The van der Waals surface area contributed by atoms with E-state index in [1.54, 1.807) is 12.1 Å². The van der Waals surface area contributed by atoms with Crippen molar-refractivity contribution < 1.29 is 18.7 Å². The normalized spacial score (nSPS) is 13.2. The molecule has 0 saturated carbocycles. The first-order valence-electron chi connectivity index (χ1n) is 8.55. The molecule has 0 atom stereocenters. The van der Waals surface area contributed by atoms with Gasteiger partial charge in [0.1, 0.15) is 12.4 Å². The minimum Gasteiger partial charge on any atom is -0.490 e. The summed E-state index contributed by atoms with van der Waals surface area (Å²) in [5, 5.41) is 3.18. The third-order valence-electron chi connectivity index (χ3n) is 4.21. The smallest absolute Gasteiger partial charge is 0.261 e. The quantitative estimate of drug-likeness (QED) is 0.727. The van der Waals surface area contributed by atoms with Crippen LogP contribution < -0.4 is 20.3 Å². The van der Waals surface area contributed by atoms with Crippen molar-refractivity contribution in [1.82, 2.24) is 9.55 Å². The highest BCUT2D eigenvalue weighted by Crippen LogP contribution is 2.37. The summed E-state index contributed by atoms with van der Waals surface area (Å²) in [4.78, 5) is 28.9. The average Bonchev–Trinajstić information content (AvgIpc) is 2.89. The zero-order valence-electron chi connectivity index (χ0n) is 14.6. The number of anilines is 1. The van der Waals surface area contributed by atoms with Gasteiger partial charge in [0.15, 0.2) is 11.5 Å². The van der Waals surface area contributed by atoms with E-state index >= 15 is 0 Å². The van der Waals surface area contributed by atoms with E-state index in [1.165, 1.54) is 24.5 Å². The number of benzene rings is 2. The van der Waals surface area contributed by atoms with Crippen LogP contribution in [0.5, 0.6) is 11.5 Å². The largest absolute Gasteiger partial charge is 0.490 e. The number of ether oxygens (including phenoxy) is 2. The van der Waals surface area contributed by atoms with Gasteiger partial charge in [-0.25, -0.2) is 9.37 Å². The summed E-state index contributed by atoms with van der Waals surface area (Å²) in [7, 11) is 0. The van der Waals surface area contributed by atoms with Crippen LogP contribution in [0.25, 0.3) is 10.9 Å². The Balaban J connectivity index is 1.56. The Morgan fingerprint density at radius 3 is 2.75 bits per heavy atom. The van der Waals surface area contributed by atoms with E-state index in [-0.39, 0.29) is 22.5 Å². The summed E-state index contributed by atoms with van der Waals surface area (Å²) < 4.78 is 25.5. The van der Waals surface area contributed by atoms with E-state index in [9.17, 15) is 14.0 Å². The van der Waals surface area contributed by atoms with Crippen LogP contribution in [0.3, 0.4) is 0 Å². The fourth-order valence-corrected chi connectivity index (χ4v) is 3.07. The minimum absolute atomic E-state index is 0.227. The van der Waals surface area contributed by atoms with Crippen molar-refractivity contribution >= 4 is 34.1 Å². The van der Waals surface area contributed by atoms with Crippen molar-refractivity contribution in [2.75, 3.05) is 18.5 Å². The zero-order valence-corrected chi connectivity index (χ0v) is 15.3. The standard InChI is InChI=1S/C19H15ClFN3O4/c20-13-7-16-17(28-5-1-4-27-16)8-15(13)23-18(25)9-24-10-22-14-6-11(21)2-3-12(14)19(24)26/h2-3,6-8,10H,1,4-5,9H2,(H,23,25). The molecule has 1 aromatic heterocycles. The number of halogens is 2. The van der Waals surface area contributed by atoms with Crippen LogP contribution in [0.2, 0.25) is 5.02 Å². The predicted octanol–water partition coefficient (Wildman–Crippen LogP) is 2.99. The van der Waals surface area contributed by atoms with Crippen LogP contribution in [0, 0.1) is 5.82 Å². The Morgan fingerprint density at radius 2 is 1.96 bits per heavy atom. The molecule has 0 spiro atoms. The molecule has 0 aliphatic carbocycles. The van der Waals surface area contributed by atoms with Gasteiger partial charge >= 0.3 is 0 Å². The number of nitrogens with zero attached hydrogens (tertiary/aromatic N) is 2. The number of nitrogens with one attached hydrogen (secondary N) is 1. The summed E-state index contributed by atoms with van der Waals surface area (Å²) >= 11 is 6.22. The highest BCUT2D eigenvalue weighted by molar-refractivity contribution is 6.34. The average molecular weight is 404 g/mol. The van der Waals surface area contributed by atoms with Gasteiger partial charge < -0.3 is 14.8 Å². The second-order valence-corrected chi connectivity index (χ2v) is 6.62. The molecule has 1 aliphatic rings. The van der Waals surface area contributed by atoms with Crippen LogP contribution in [0.15, 0.2) is 41.5 Å². The topological polar surface area (TPSA) is 82.5 Å². The number of hydrogen-bond donors (Lipinski definition) is 1. The molecule has 1 aliphatic heterocycles. The van der Waals surface area contributed by atoms with E-state index in [0.717, 1.165) is 11.0 Å². The van der Waals surface area contributed by atoms with Crippen LogP contribution in [-0.2, 0) is 11.3 Å². The maximum Gasteiger partial charge on any atom is 0.261 e. The van der Waals surface area contributed by atoms with Crippen LogP contribution in [0.1, 0.15) is 6.42 Å². The van der Waals surface area contributed by atoms with Gasteiger partial charge in [0.25, 0.3) is 5.56 Å². The summed E-state index contributed by atoms with van der Waals surface area (Å²) in [6, 6.07) is 6.85. The van der Waals surface area contributed by atoms with Crippen molar-refractivity contribution in [3.63, 3.8) is 0 Å². The predicted molar refractivity (Wildman–Crippen MR) is 102 cm³/mol. The van der Waals surface area contributed by atoms with Crippen LogP contribution in [0.4, 0.5) is 10.1 Å². The molecule has 144 valence electrons. The van der Waals surface area contributed by atoms with Crippen molar-refractivity contribution in [1.29, 1.82) is 0 Å². The lowest BCUT2D eigenvalue weighted by Crippen LogP contribution is -2.28. The Kier molecular flexibility index (Phi) is 4.87. The lowest BCUT2D eigenvalue weighted by Gasteiger charge is -2.13. The van der Waals surface area contributed by atoms with Crippen LogP contribution >= 0.6 is 11.6 Å². The molecule has 9 heteroatoms. The number of carbonyl (C=O) groups is 1. The van der Waals surface area contributed by atoms with Gasteiger partial charge in [-0.3, -0.25) is 14.2 Å². The molecule has 2 aromatic carbocycles. The van der Waals surface area contributed by atoms with Gasteiger partial charge in [-0.2, -0.15) is 0 Å². The molecule has 0 saturated heterocycles. The third-order valence-corrected chi connectivity index (χ3v) is 4.53. The van der Waals surface area contributed by atoms with Crippen molar-refractivity contribution in [3.05, 3.63) is 57.9 Å². The lowest BCUT2D eigenvalue weighted by molar-refractivity contribution is -0.116. The summed E-state index contributed by atoms with van der Waals surface area (Å²) in [6.07, 6.45) is 1.95. The van der Waals surface area contributed by atoms with Gasteiger partial charge in [0.05, 0.1) is 41.2 Å². The van der Waals surface area contributed by atoms with E-state index in [4.69, 9.17) is 21.1 Å². The molecule has 0 unspecified atom stereocenters.